The third-order valence-electron chi connectivity index (χ3n) is 4.88. The molecule has 1 atom stereocenters. The molecule has 1 aromatic carbocycles. The van der Waals surface area contributed by atoms with E-state index in [0.717, 1.165) is 4.90 Å². The van der Waals surface area contributed by atoms with Gasteiger partial charge in [0.15, 0.2) is 0 Å². The average molecular weight is 455 g/mol. The fourth-order valence-corrected chi connectivity index (χ4v) is 20.3. The van der Waals surface area contributed by atoms with Crippen LogP contribution in [-0.4, -0.2) is 22.6 Å². The normalized spacial score (nSPS) is 13.5. The van der Waals surface area contributed by atoms with Gasteiger partial charge in [-0.25, -0.2) is 0 Å². The summed E-state index contributed by atoms with van der Waals surface area (Å²) in [6, 6.07) is 8.14. The van der Waals surface area contributed by atoms with E-state index in [9.17, 15) is 4.21 Å². The van der Waals surface area contributed by atoms with Crippen LogP contribution in [0.25, 0.3) is 0 Å². The number of rotatable bonds is 12. The summed E-state index contributed by atoms with van der Waals surface area (Å²) in [7, 11) is -0.983. The van der Waals surface area contributed by atoms with Crippen LogP contribution in [0.1, 0.15) is 64.9 Å². The topological polar surface area (TPSA) is 17.1 Å². The Balaban J connectivity index is 2.93. The quantitative estimate of drug-likeness (QED) is 0.310. The summed E-state index contributed by atoms with van der Waals surface area (Å²) in [6.07, 6.45) is 7.91. The van der Waals surface area contributed by atoms with Crippen molar-refractivity contribution in [1.29, 1.82) is 0 Å². The summed E-state index contributed by atoms with van der Waals surface area (Å²) in [4.78, 5) is 0.943. The Morgan fingerprint density at radius 2 is 1.33 bits per heavy atom. The molecule has 24 heavy (non-hydrogen) atoms. The van der Waals surface area contributed by atoms with Gasteiger partial charge in [-0.05, 0) is 0 Å². The molecule has 136 valence electrons. The van der Waals surface area contributed by atoms with Crippen molar-refractivity contribution in [3.8, 4) is 0 Å². The summed E-state index contributed by atoms with van der Waals surface area (Å²) in [5.41, 5.74) is 1.22. The van der Waals surface area contributed by atoms with Gasteiger partial charge in [-0.2, -0.15) is 0 Å². The molecule has 0 saturated heterocycles. The van der Waals surface area contributed by atoms with Gasteiger partial charge in [-0.15, -0.1) is 0 Å². The first-order valence-electron chi connectivity index (χ1n) is 9.73. The number of aryl methyl sites for hydroxylation is 1. The molecule has 1 aromatic rings. The molecule has 0 radical (unpaired) electrons. The van der Waals surface area contributed by atoms with Gasteiger partial charge in [-0.3, -0.25) is 0 Å². The fourth-order valence-electron chi connectivity index (χ4n) is 3.17. The van der Waals surface area contributed by atoms with Crippen LogP contribution >= 0.6 is 0 Å². The van der Waals surface area contributed by atoms with E-state index in [1.807, 2.05) is 12.1 Å². The summed E-state index contributed by atoms with van der Waals surface area (Å²) >= 11 is -2.30. The van der Waals surface area contributed by atoms with Crippen molar-refractivity contribution < 1.29 is 4.21 Å². The second-order valence-electron chi connectivity index (χ2n) is 7.09. The van der Waals surface area contributed by atoms with Gasteiger partial charge >= 0.3 is 157 Å². The van der Waals surface area contributed by atoms with Crippen molar-refractivity contribution in [1.82, 2.24) is 0 Å². The zero-order chi connectivity index (χ0) is 17.8. The molecule has 0 saturated carbocycles. The van der Waals surface area contributed by atoms with E-state index in [0.29, 0.717) is 0 Å². The molecule has 0 aromatic heterocycles. The van der Waals surface area contributed by atoms with Gasteiger partial charge in [0.05, 0.1) is 0 Å². The van der Waals surface area contributed by atoms with Gasteiger partial charge < -0.3 is 0 Å². The Morgan fingerprint density at radius 1 is 0.875 bits per heavy atom. The zero-order valence-electron chi connectivity index (χ0n) is 16.1. The molecule has 0 fully saturated rings. The van der Waals surface area contributed by atoms with Crippen LogP contribution in [0, 0.1) is 6.92 Å². The number of hydrogen-bond donors (Lipinski definition) is 0. The monoisotopic (exact) mass is 456 g/mol. The van der Waals surface area contributed by atoms with Crippen LogP contribution in [0.2, 0.25) is 13.3 Å². The maximum atomic E-state index is 12.7. The first-order chi connectivity index (χ1) is 11.6. The van der Waals surface area contributed by atoms with Gasteiger partial charge in [0.1, 0.15) is 0 Å². The van der Waals surface area contributed by atoms with Crippen molar-refractivity contribution in [2.45, 2.75) is 84.4 Å². The van der Waals surface area contributed by atoms with Crippen LogP contribution in [0.3, 0.4) is 0 Å². The fraction of sp³-hybridized carbons (Fsp3) is 0.619. The average Bonchev–Trinajstić information content (AvgIpc) is 2.61. The number of hydrogen-bond acceptors (Lipinski definition) is 1. The Kier molecular flexibility index (Phi) is 11.2. The third-order valence-corrected chi connectivity index (χ3v) is 20.7. The molecule has 0 amide bonds. The maximum absolute atomic E-state index is 12.7. The van der Waals surface area contributed by atoms with E-state index in [2.05, 4.69) is 49.3 Å². The van der Waals surface area contributed by atoms with Crippen molar-refractivity contribution in [3.63, 3.8) is 0 Å². The summed E-state index contributed by atoms with van der Waals surface area (Å²) in [5, 5.41) is 2.06. The second kappa shape index (κ2) is 12.3. The predicted molar refractivity (Wildman–Crippen MR) is 112 cm³/mol. The molecule has 0 aliphatic carbocycles. The molecule has 0 N–H and O–H groups in total. The Labute approximate surface area is 156 Å². The Bertz CT molecular complexity index is 485. The third kappa shape index (κ3) is 7.86. The van der Waals surface area contributed by atoms with E-state index in [1.54, 1.807) is 0 Å². The molecule has 0 bridgehead atoms. The van der Waals surface area contributed by atoms with E-state index in [4.69, 9.17) is 0 Å². The van der Waals surface area contributed by atoms with Crippen LogP contribution < -0.4 is 0 Å². The molecule has 1 rings (SSSR count). The van der Waals surface area contributed by atoms with Crippen molar-refractivity contribution >= 4 is 29.2 Å². The van der Waals surface area contributed by atoms with Crippen molar-refractivity contribution in [2.24, 2.45) is 0 Å². The SMILES string of the molecule is CCC[CH2][Sn](/[CH]=C/[S@@](=O)c1ccc(C)cc1)([CH2]CCC)[CH2]CCC. The van der Waals surface area contributed by atoms with E-state index >= 15 is 0 Å². The van der Waals surface area contributed by atoms with Crippen molar-refractivity contribution in [3.05, 3.63) is 39.3 Å². The van der Waals surface area contributed by atoms with Gasteiger partial charge in [0.2, 0.25) is 0 Å². The van der Waals surface area contributed by atoms with Crippen LogP contribution in [0.5, 0.6) is 0 Å². The zero-order valence-corrected chi connectivity index (χ0v) is 19.8. The molecule has 0 aliphatic heterocycles. The van der Waals surface area contributed by atoms with Crippen LogP contribution in [0.4, 0.5) is 0 Å². The Hall–Kier alpha value is -0.0913. The Morgan fingerprint density at radius 3 is 1.75 bits per heavy atom. The van der Waals surface area contributed by atoms with Gasteiger partial charge in [-0.1, -0.05) is 0 Å². The first-order valence-corrected chi connectivity index (χ1v) is 18.6. The van der Waals surface area contributed by atoms with Gasteiger partial charge in [0, 0.05) is 0 Å². The first kappa shape index (κ1) is 22.0. The standard InChI is InChI=1S/C9H9OS.3C4H9.Sn/c1-3-11(10)9-6-4-8(2)5-7-9;3*1-3-4-2;/h1,3-7H,2H3;3*1,3-4H2,2H3;/t11-;;;;/m1..../s1. The van der Waals surface area contributed by atoms with E-state index in [-0.39, 0.29) is 0 Å². The summed E-state index contributed by atoms with van der Waals surface area (Å²) in [6.45, 7) is 8.96. The van der Waals surface area contributed by atoms with Crippen LogP contribution in [-0.2, 0) is 10.8 Å². The molecule has 0 spiro atoms. The van der Waals surface area contributed by atoms with Gasteiger partial charge in [0.25, 0.3) is 0 Å². The summed E-state index contributed by atoms with van der Waals surface area (Å²) in [5.74, 6) is 0. The molecule has 0 unspecified atom stereocenters. The molecule has 1 nitrogen and oxygen atoms in total. The van der Waals surface area contributed by atoms with Crippen LogP contribution in [0.15, 0.2) is 38.7 Å². The van der Waals surface area contributed by atoms with E-state index < -0.39 is 29.2 Å². The van der Waals surface area contributed by atoms with E-state index in [1.165, 1.54) is 57.4 Å². The van der Waals surface area contributed by atoms with Crippen molar-refractivity contribution in [2.75, 3.05) is 0 Å². The minimum absolute atomic E-state index is 0.943. The number of benzene rings is 1. The molecule has 0 aliphatic rings. The minimum atomic E-state index is -2.30. The molecular formula is C21H36OSSn. The second-order valence-corrected chi connectivity index (χ2v) is 21.4. The summed E-state index contributed by atoms with van der Waals surface area (Å²) < 4.78 is 19.5. The molecule has 3 heteroatoms. The molecular weight excluding hydrogens is 419 g/mol. The predicted octanol–water partition coefficient (Wildman–Crippen LogP) is 7.00. The number of unbranched alkanes of at least 4 members (excludes halogenated alkanes) is 3. The molecule has 0 heterocycles.